The van der Waals surface area contributed by atoms with Gasteiger partial charge in [-0.3, -0.25) is 0 Å². The van der Waals surface area contributed by atoms with Crippen molar-refractivity contribution < 1.29 is 0 Å². The molecular formula is C18H24N4. The fraction of sp³-hybridized carbons (Fsp3) is 0.500. The third-order valence-electron chi connectivity index (χ3n) is 4.87. The minimum absolute atomic E-state index is 1.06. The fourth-order valence-electron chi connectivity index (χ4n) is 3.68. The second-order valence-electron chi connectivity index (χ2n) is 6.30. The van der Waals surface area contributed by atoms with Gasteiger partial charge in [-0.25, -0.2) is 4.98 Å². The van der Waals surface area contributed by atoms with E-state index < -0.39 is 0 Å². The zero-order chi connectivity index (χ0) is 14.8. The third kappa shape index (κ3) is 2.52. The van der Waals surface area contributed by atoms with Crippen molar-refractivity contribution in [2.45, 2.75) is 19.3 Å². The van der Waals surface area contributed by atoms with E-state index in [1.54, 1.807) is 0 Å². The summed E-state index contributed by atoms with van der Waals surface area (Å²) in [5, 5.41) is 6.08. The van der Waals surface area contributed by atoms with E-state index in [0.717, 1.165) is 39.3 Å². The molecule has 2 aromatic rings. The van der Waals surface area contributed by atoms with E-state index >= 15 is 0 Å². The Hall–Kier alpha value is -1.81. The van der Waals surface area contributed by atoms with Crippen molar-refractivity contribution in [1.29, 1.82) is 0 Å². The lowest BCUT2D eigenvalue weighted by Crippen LogP contribution is -2.43. The molecule has 0 aliphatic carbocycles. The molecule has 0 amide bonds. The Morgan fingerprint density at radius 1 is 0.818 bits per heavy atom. The van der Waals surface area contributed by atoms with Crippen molar-refractivity contribution in [2.24, 2.45) is 0 Å². The lowest BCUT2D eigenvalue weighted by Gasteiger charge is -2.32. The molecule has 1 aromatic carbocycles. The first-order valence-electron chi connectivity index (χ1n) is 8.52. The van der Waals surface area contributed by atoms with Crippen LogP contribution in [-0.4, -0.2) is 44.3 Å². The smallest absolute Gasteiger partial charge is 0.136 e. The fourth-order valence-corrected chi connectivity index (χ4v) is 3.68. The van der Waals surface area contributed by atoms with Crippen LogP contribution in [0.4, 0.5) is 11.5 Å². The zero-order valence-electron chi connectivity index (χ0n) is 13.1. The highest BCUT2D eigenvalue weighted by Crippen LogP contribution is 2.33. The van der Waals surface area contributed by atoms with Crippen molar-refractivity contribution in [3.63, 3.8) is 0 Å². The number of rotatable bonds is 2. The van der Waals surface area contributed by atoms with Gasteiger partial charge in [0.15, 0.2) is 0 Å². The lowest BCUT2D eigenvalue weighted by molar-refractivity contribution is 0.574. The summed E-state index contributed by atoms with van der Waals surface area (Å²) >= 11 is 0. The molecule has 22 heavy (non-hydrogen) atoms. The van der Waals surface area contributed by atoms with Crippen molar-refractivity contribution in [1.82, 2.24) is 10.3 Å². The van der Waals surface area contributed by atoms with Crippen LogP contribution in [0.25, 0.3) is 10.8 Å². The molecule has 0 radical (unpaired) electrons. The van der Waals surface area contributed by atoms with Crippen LogP contribution in [0.1, 0.15) is 19.3 Å². The normalized spacial score (nSPS) is 19.6. The highest BCUT2D eigenvalue weighted by Gasteiger charge is 2.19. The third-order valence-corrected chi connectivity index (χ3v) is 4.87. The largest absolute Gasteiger partial charge is 0.367 e. The molecule has 0 saturated carbocycles. The second-order valence-corrected chi connectivity index (χ2v) is 6.30. The second kappa shape index (κ2) is 6.13. The number of anilines is 2. The first kappa shape index (κ1) is 13.8. The topological polar surface area (TPSA) is 31.4 Å². The van der Waals surface area contributed by atoms with Gasteiger partial charge in [-0.2, -0.15) is 0 Å². The minimum atomic E-state index is 1.06. The van der Waals surface area contributed by atoms with E-state index in [-0.39, 0.29) is 0 Å². The highest BCUT2D eigenvalue weighted by atomic mass is 15.2. The van der Waals surface area contributed by atoms with Gasteiger partial charge in [0.2, 0.25) is 0 Å². The Kier molecular flexibility index (Phi) is 3.85. The predicted octanol–water partition coefficient (Wildman–Crippen LogP) is 2.63. The molecule has 4 heteroatoms. The van der Waals surface area contributed by atoms with Gasteiger partial charge >= 0.3 is 0 Å². The molecule has 2 aliphatic heterocycles. The maximum Gasteiger partial charge on any atom is 0.136 e. The standard InChI is InChI=1S/C18H24N4/c1-4-10-22(11-5-1)18-16-7-3-2-6-15(16)17(14-20-18)21-12-8-19-9-13-21/h2-3,6-7,14,19H,1,4-5,8-13H2. The van der Waals surface area contributed by atoms with Gasteiger partial charge < -0.3 is 15.1 Å². The molecule has 4 rings (SSSR count). The van der Waals surface area contributed by atoms with Crippen LogP contribution in [0.2, 0.25) is 0 Å². The number of nitrogens with one attached hydrogen (secondary N) is 1. The molecular weight excluding hydrogens is 272 g/mol. The maximum atomic E-state index is 4.87. The number of hydrogen-bond donors (Lipinski definition) is 1. The quantitative estimate of drug-likeness (QED) is 0.923. The van der Waals surface area contributed by atoms with Crippen LogP contribution < -0.4 is 15.1 Å². The van der Waals surface area contributed by atoms with Crippen LogP contribution in [0.5, 0.6) is 0 Å². The van der Waals surface area contributed by atoms with Gasteiger partial charge in [-0.1, -0.05) is 24.3 Å². The molecule has 4 nitrogen and oxygen atoms in total. The number of piperazine rings is 1. The van der Waals surface area contributed by atoms with Gasteiger partial charge in [-0.05, 0) is 19.3 Å². The average molecular weight is 296 g/mol. The molecule has 3 heterocycles. The SMILES string of the molecule is c1ccc2c(N3CCCCC3)ncc(N3CCNCC3)c2c1. The van der Waals surface area contributed by atoms with Crippen molar-refractivity contribution in [3.05, 3.63) is 30.5 Å². The summed E-state index contributed by atoms with van der Waals surface area (Å²) in [5.41, 5.74) is 1.29. The van der Waals surface area contributed by atoms with Crippen molar-refractivity contribution in [2.75, 3.05) is 49.1 Å². The first-order chi connectivity index (χ1) is 10.9. The molecule has 2 fully saturated rings. The predicted molar refractivity (Wildman–Crippen MR) is 92.9 cm³/mol. The number of pyridine rings is 1. The van der Waals surface area contributed by atoms with E-state index in [9.17, 15) is 0 Å². The van der Waals surface area contributed by atoms with E-state index in [1.807, 2.05) is 0 Å². The van der Waals surface area contributed by atoms with E-state index in [0.29, 0.717) is 0 Å². The summed E-state index contributed by atoms with van der Waals surface area (Å²) in [4.78, 5) is 9.80. The number of benzene rings is 1. The van der Waals surface area contributed by atoms with Crippen LogP contribution in [0, 0.1) is 0 Å². The number of fused-ring (bicyclic) bond motifs is 1. The number of aromatic nitrogens is 1. The van der Waals surface area contributed by atoms with E-state index in [1.165, 1.54) is 41.5 Å². The summed E-state index contributed by atoms with van der Waals surface area (Å²) in [5.74, 6) is 1.18. The van der Waals surface area contributed by atoms with Gasteiger partial charge in [0, 0.05) is 50.0 Å². The average Bonchev–Trinajstić information content (AvgIpc) is 2.62. The van der Waals surface area contributed by atoms with Crippen LogP contribution in [0.3, 0.4) is 0 Å². The highest BCUT2D eigenvalue weighted by molar-refractivity contribution is 6.00. The summed E-state index contributed by atoms with van der Waals surface area (Å²) in [6.07, 6.45) is 6.02. The Balaban J connectivity index is 1.77. The maximum absolute atomic E-state index is 4.87. The van der Waals surface area contributed by atoms with E-state index in [4.69, 9.17) is 4.98 Å². The van der Waals surface area contributed by atoms with E-state index in [2.05, 4.69) is 45.6 Å². The Labute approximate surface area is 132 Å². The van der Waals surface area contributed by atoms with Crippen LogP contribution in [0.15, 0.2) is 30.5 Å². The number of nitrogens with zero attached hydrogens (tertiary/aromatic N) is 3. The summed E-state index contributed by atoms with van der Waals surface area (Å²) in [7, 11) is 0. The molecule has 116 valence electrons. The number of piperidine rings is 1. The summed E-state index contributed by atoms with van der Waals surface area (Å²) in [6, 6.07) is 8.77. The molecule has 0 unspecified atom stereocenters. The zero-order valence-corrected chi connectivity index (χ0v) is 13.1. The molecule has 0 bridgehead atoms. The minimum Gasteiger partial charge on any atom is -0.367 e. The van der Waals surface area contributed by atoms with Crippen molar-refractivity contribution in [3.8, 4) is 0 Å². The van der Waals surface area contributed by atoms with Gasteiger partial charge in [0.1, 0.15) is 5.82 Å². The lowest BCUT2D eigenvalue weighted by atomic mass is 10.1. The van der Waals surface area contributed by atoms with Crippen molar-refractivity contribution >= 4 is 22.3 Å². The van der Waals surface area contributed by atoms with Gasteiger partial charge in [-0.15, -0.1) is 0 Å². The number of hydrogen-bond acceptors (Lipinski definition) is 4. The van der Waals surface area contributed by atoms with Gasteiger partial charge in [0.05, 0.1) is 11.9 Å². The molecule has 0 spiro atoms. The first-order valence-corrected chi connectivity index (χ1v) is 8.52. The monoisotopic (exact) mass is 296 g/mol. The Morgan fingerprint density at radius 2 is 1.55 bits per heavy atom. The summed E-state index contributed by atoms with van der Waals surface area (Å²) < 4.78 is 0. The molecule has 1 N–H and O–H groups in total. The molecule has 2 saturated heterocycles. The molecule has 0 atom stereocenters. The molecule has 2 aliphatic rings. The van der Waals surface area contributed by atoms with Gasteiger partial charge in [0.25, 0.3) is 0 Å². The Morgan fingerprint density at radius 3 is 2.32 bits per heavy atom. The van der Waals surface area contributed by atoms with Crippen LogP contribution >= 0.6 is 0 Å². The Bertz CT molecular complexity index is 586. The van der Waals surface area contributed by atoms with Crippen LogP contribution in [-0.2, 0) is 0 Å². The summed E-state index contributed by atoms with van der Waals surface area (Å²) in [6.45, 7) is 6.53. The molecule has 1 aromatic heterocycles.